The number of nitrogens with zero attached hydrogens (tertiary/aromatic N) is 1. The lowest BCUT2D eigenvalue weighted by molar-refractivity contribution is -0.151. The highest BCUT2D eigenvalue weighted by molar-refractivity contribution is 6.33. The quantitative estimate of drug-likeness (QED) is 0.655. The van der Waals surface area contributed by atoms with Crippen molar-refractivity contribution in [2.75, 3.05) is 23.4 Å². The van der Waals surface area contributed by atoms with Gasteiger partial charge in [0.2, 0.25) is 5.91 Å². The first-order valence-corrected chi connectivity index (χ1v) is 10.0. The largest absolute Gasteiger partial charge is 0.455 e. The first-order valence-electron chi connectivity index (χ1n) is 9.66. The molecule has 170 valence electrons. The Morgan fingerprint density at radius 2 is 1.88 bits per heavy atom. The summed E-state index contributed by atoms with van der Waals surface area (Å²) in [6.45, 7) is 3.25. The van der Waals surface area contributed by atoms with Gasteiger partial charge in [-0.2, -0.15) is 13.2 Å². The van der Waals surface area contributed by atoms with Gasteiger partial charge in [-0.3, -0.25) is 14.4 Å². The van der Waals surface area contributed by atoms with Gasteiger partial charge in [0, 0.05) is 18.7 Å². The van der Waals surface area contributed by atoms with Crippen LogP contribution in [-0.2, 0) is 25.3 Å². The van der Waals surface area contributed by atoms with E-state index in [2.05, 4.69) is 5.32 Å². The van der Waals surface area contributed by atoms with E-state index in [0.29, 0.717) is 11.8 Å². The minimum absolute atomic E-state index is 0.0627. The number of esters is 1. The zero-order valence-electron chi connectivity index (χ0n) is 17.3. The molecular formula is C22H20ClF3N2O4. The normalized spacial score (nSPS) is 16.2. The maximum absolute atomic E-state index is 12.8. The number of rotatable bonds is 5. The van der Waals surface area contributed by atoms with Crippen LogP contribution in [0.3, 0.4) is 0 Å². The highest BCUT2D eigenvalue weighted by Gasteiger charge is 2.36. The molecule has 1 saturated heterocycles. The number of hydrogen-bond donors (Lipinski definition) is 1. The highest BCUT2D eigenvalue weighted by atomic mass is 35.5. The van der Waals surface area contributed by atoms with E-state index in [1.54, 1.807) is 6.07 Å². The van der Waals surface area contributed by atoms with Gasteiger partial charge in [0.05, 0.1) is 22.2 Å². The van der Waals surface area contributed by atoms with Crippen molar-refractivity contribution in [3.8, 4) is 0 Å². The van der Waals surface area contributed by atoms with Crippen LogP contribution in [0.25, 0.3) is 0 Å². The van der Waals surface area contributed by atoms with Crippen molar-refractivity contribution in [2.24, 2.45) is 5.92 Å². The molecule has 0 saturated carbocycles. The zero-order valence-corrected chi connectivity index (χ0v) is 18.0. The van der Waals surface area contributed by atoms with Gasteiger partial charge < -0.3 is 15.0 Å². The van der Waals surface area contributed by atoms with Crippen LogP contribution in [-0.4, -0.2) is 30.9 Å². The van der Waals surface area contributed by atoms with Gasteiger partial charge in [0.15, 0.2) is 6.61 Å². The molecule has 0 unspecified atom stereocenters. The average Bonchev–Trinajstić information content (AvgIpc) is 3.11. The fourth-order valence-electron chi connectivity index (χ4n) is 3.25. The molecular weight excluding hydrogens is 449 g/mol. The maximum Gasteiger partial charge on any atom is 0.416 e. The number of halogens is 4. The lowest BCUT2D eigenvalue weighted by atomic mass is 10.1. The molecule has 0 aromatic heterocycles. The van der Waals surface area contributed by atoms with Crippen LogP contribution >= 0.6 is 11.6 Å². The molecule has 1 aliphatic rings. The van der Waals surface area contributed by atoms with Crippen molar-refractivity contribution < 1.29 is 32.3 Å². The summed E-state index contributed by atoms with van der Waals surface area (Å²) in [4.78, 5) is 38.2. The maximum atomic E-state index is 12.8. The summed E-state index contributed by atoms with van der Waals surface area (Å²) in [5.41, 5.74) is 1.52. The Balaban J connectivity index is 1.57. The molecule has 0 spiro atoms. The molecule has 1 aliphatic heterocycles. The third-order valence-corrected chi connectivity index (χ3v) is 5.50. The predicted molar refractivity (Wildman–Crippen MR) is 112 cm³/mol. The van der Waals surface area contributed by atoms with Crippen LogP contribution in [0.1, 0.15) is 23.1 Å². The summed E-state index contributed by atoms with van der Waals surface area (Å²) in [6, 6.07) is 8.02. The van der Waals surface area contributed by atoms with Gasteiger partial charge in [-0.15, -0.1) is 0 Å². The Bertz CT molecular complexity index is 1070. The van der Waals surface area contributed by atoms with Crippen LogP contribution in [0.2, 0.25) is 5.02 Å². The Morgan fingerprint density at radius 1 is 1.16 bits per heavy atom. The minimum atomic E-state index is -4.60. The van der Waals surface area contributed by atoms with Crippen molar-refractivity contribution in [3.63, 3.8) is 0 Å². The molecule has 2 aromatic carbocycles. The molecule has 32 heavy (non-hydrogen) atoms. The van der Waals surface area contributed by atoms with Gasteiger partial charge in [0.25, 0.3) is 5.91 Å². The Labute approximate surface area is 187 Å². The number of aryl methyl sites for hydroxylation is 2. The van der Waals surface area contributed by atoms with Crippen LogP contribution in [0.5, 0.6) is 0 Å². The van der Waals surface area contributed by atoms with E-state index in [-0.39, 0.29) is 29.6 Å². The molecule has 1 atom stereocenters. The minimum Gasteiger partial charge on any atom is -0.455 e. The number of amides is 2. The van der Waals surface area contributed by atoms with Crippen molar-refractivity contribution in [1.29, 1.82) is 0 Å². The summed E-state index contributed by atoms with van der Waals surface area (Å²) in [5.74, 6) is -2.59. The van der Waals surface area contributed by atoms with Crippen molar-refractivity contribution in [3.05, 3.63) is 58.1 Å². The second-order valence-corrected chi connectivity index (χ2v) is 7.93. The van der Waals surface area contributed by atoms with E-state index < -0.39 is 36.1 Å². The SMILES string of the molecule is Cc1ccc(N2C[C@H](C(=O)OCC(=O)Nc3cc(C(F)(F)F)ccc3Cl)CC2=O)cc1C. The number of hydrogen-bond acceptors (Lipinski definition) is 4. The molecule has 0 bridgehead atoms. The summed E-state index contributed by atoms with van der Waals surface area (Å²) in [7, 11) is 0. The molecule has 3 rings (SSSR count). The van der Waals surface area contributed by atoms with E-state index in [0.717, 1.165) is 23.3 Å². The van der Waals surface area contributed by atoms with Gasteiger partial charge in [-0.05, 0) is 55.3 Å². The van der Waals surface area contributed by atoms with Gasteiger partial charge >= 0.3 is 12.1 Å². The van der Waals surface area contributed by atoms with Gasteiger partial charge in [-0.25, -0.2) is 0 Å². The first kappa shape index (κ1) is 23.6. The molecule has 0 radical (unpaired) electrons. The standard InChI is InChI=1S/C22H20ClF3N2O4/c1-12-3-5-16(7-13(12)2)28-10-14(8-20(28)30)21(31)32-11-19(29)27-18-9-15(22(24,25)26)4-6-17(18)23/h3-7,9,14H,8,10-11H2,1-2H3,(H,27,29)/t14-/m1/s1. The zero-order chi connectivity index (χ0) is 23.6. The molecule has 1 N–H and O–H groups in total. The second-order valence-electron chi connectivity index (χ2n) is 7.52. The molecule has 6 nitrogen and oxygen atoms in total. The molecule has 1 fully saturated rings. The monoisotopic (exact) mass is 468 g/mol. The number of alkyl halides is 3. The van der Waals surface area contributed by atoms with E-state index in [1.807, 2.05) is 26.0 Å². The average molecular weight is 469 g/mol. The van der Waals surface area contributed by atoms with Crippen LogP contribution < -0.4 is 10.2 Å². The number of nitrogens with one attached hydrogen (secondary N) is 1. The second kappa shape index (κ2) is 9.20. The first-order chi connectivity index (χ1) is 15.0. The third kappa shape index (κ3) is 5.40. The molecule has 10 heteroatoms. The van der Waals surface area contributed by atoms with Crippen molar-refractivity contribution >= 4 is 40.8 Å². The lowest BCUT2D eigenvalue weighted by Gasteiger charge is -2.18. The number of anilines is 2. The number of ether oxygens (including phenoxy) is 1. The number of carbonyl (C=O) groups is 3. The highest BCUT2D eigenvalue weighted by Crippen LogP contribution is 2.34. The Kier molecular flexibility index (Phi) is 6.78. The summed E-state index contributed by atoms with van der Waals surface area (Å²) < 4.78 is 43.5. The Hall–Kier alpha value is -3.07. The van der Waals surface area contributed by atoms with E-state index in [1.165, 1.54) is 4.90 Å². The summed E-state index contributed by atoms with van der Waals surface area (Å²) in [6.07, 6.45) is -4.67. The summed E-state index contributed by atoms with van der Waals surface area (Å²) >= 11 is 5.83. The predicted octanol–water partition coefficient (Wildman–Crippen LogP) is 4.51. The fraction of sp³-hybridized carbons (Fsp3) is 0.318. The van der Waals surface area contributed by atoms with Crippen LogP contribution in [0.4, 0.5) is 24.5 Å². The van der Waals surface area contributed by atoms with Gasteiger partial charge in [-0.1, -0.05) is 17.7 Å². The topological polar surface area (TPSA) is 75.7 Å². The van der Waals surface area contributed by atoms with Gasteiger partial charge in [0.1, 0.15) is 0 Å². The smallest absolute Gasteiger partial charge is 0.416 e. The van der Waals surface area contributed by atoms with E-state index in [4.69, 9.17) is 16.3 Å². The van der Waals surface area contributed by atoms with Crippen molar-refractivity contribution in [1.82, 2.24) is 0 Å². The van der Waals surface area contributed by atoms with Crippen LogP contribution in [0.15, 0.2) is 36.4 Å². The summed E-state index contributed by atoms with van der Waals surface area (Å²) in [5, 5.41) is 2.10. The number of carbonyl (C=O) groups excluding carboxylic acids is 3. The van der Waals surface area contributed by atoms with E-state index >= 15 is 0 Å². The molecule has 1 heterocycles. The van der Waals surface area contributed by atoms with E-state index in [9.17, 15) is 27.6 Å². The van der Waals surface area contributed by atoms with Crippen LogP contribution in [0, 0.1) is 19.8 Å². The molecule has 0 aliphatic carbocycles. The molecule has 2 amide bonds. The lowest BCUT2D eigenvalue weighted by Crippen LogP contribution is -2.28. The number of benzene rings is 2. The van der Waals surface area contributed by atoms with Crippen molar-refractivity contribution in [2.45, 2.75) is 26.4 Å². The molecule has 2 aromatic rings. The third-order valence-electron chi connectivity index (χ3n) is 5.17. The fourth-order valence-corrected chi connectivity index (χ4v) is 3.41. The Morgan fingerprint density at radius 3 is 2.53 bits per heavy atom.